The molecule has 0 aromatic heterocycles. The van der Waals surface area contributed by atoms with Crippen LogP contribution in [0.5, 0.6) is 0 Å². The first kappa shape index (κ1) is 44.5. The molecular weight excluding hydrogens is 599 g/mol. The molecule has 0 saturated carbocycles. The molecule has 2 atom stereocenters. The van der Waals surface area contributed by atoms with Crippen molar-refractivity contribution >= 4 is 12.4 Å². The van der Waals surface area contributed by atoms with Crippen LogP contribution < -0.4 is 5.73 Å². The Labute approximate surface area is 299 Å². The summed E-state index contributed by atoms with van der Waals surface area (Å²) >= 11 is 0. The van der Waals surface area contributed by atoms with E-state index in [0.29, 0.717) is 11.8 Å². The molecule has 49 heavy (non-hydrogen) atoms. The number of carbonyl (C=O) groups is 1. The van der Waals surface area contributed by atoms with E-state index in [1.54, 1.807) is 6.92 Å². The Balaban J connectivity index is 0.000000727. The highest BCUT2D eigenvalue weighted by atomic mass is 16.3. The first-order chi connectivity index (χ1) is 23.4. The zero-order valence-corrected chi connectivity index (χ0v) is 32.2. The standard InChI is InChI=1S/C21H24.C15H16O.C7H15N.C2H6.CH2O/c1-5-11-18(6-2)17(4)21-16(3)12-10-15-20(21)19-13-8-7-9-14-19;1-11-3-5-14(6-4-11)15-9-7-13(8-10-15)12(2)16;1-5(2)6(3)7(4)8;2*1-2/h5,7-15H,6H2,1-4H3;3-10,12,16H,1-2H3;5-6H,4,8H2,1-3H3;1-2H3;1H2/b11-5?,18-17+;;;;. The van der Waals surface area contributed by atoms with E-state index in [2.05, 4.69) is 147 Å². The highest BCUT2D eigenvalue weighted by molar-refractivity contribution is 5.84. The van der Waals surface area contributed by atoms with Crippen LogP contribution in [0.1, 0.15) is 97.1 Å². The van der Waals surface area contributed by atoms with E-state index in [-0.39, 0.29) is 0 Å². The molecule has 0 saturated heterocycles. The van der Waals surface area contributed by atoms with Gasteiger partial charge in [-0.3, -0.25) is 0 Å². The lowest BCUT2D eigenvalue weighted by Crippen LogP contribution is -2.12. The van der Waals surface area contributed by atoms with Gasteiger partial charge in [0.05, 0.1) is 6.10 Å². The molecule has 3 nitrogen and oxygen atoms in total. The van der Waals surface area contributed by atoms with Gasteiger partial charge in [0.2, 0.25) is 0 Å². The summed E-state index contributed by atoms with van der Waals surface area (Å²) in [6.45, 7) is 28.6. The molecule has 0 spiro atoms. The fraction of sp³-hybridized carbons (Fsp3) is 0.326. The van der Waals surface area contributed by atoms with Gasteiger partial charge in [0.25, 0.3) is 0 Å². The SMILES string of the molecule is C=C(N)C(C)C(C)C.C=O.CC.CC=C/C(CC)=C(\C)c1c(C)cccc1-c1ccccc1.Cc1ccc(-c2ccc(C(C)O)cc2)cc1. The minimum Gasteiger partial charge on any atom is -0.402 e. The Morgan fingerprint density at radius 3 is 1.69 bits per heavy atom. The summed E-state index contributed by atoms with van der Waals surface area (Å²) in [5.74, 6) is 1.07. The highest BCUT2D eigenvalue weighted by Gasteiger charge is 2.11. The minimum absolute atomic E-state index is 0.396. The van der Waals surface area contributed by atoms with Gasteiger partial charge < -0.3 is 15.6 Å². The zero-order valence-electron chi connectivity index (χ0n) is 32.2. The van der Waals surface area contributed by atoms with Crippen molar-refractivity contribution in [3.63, 3.8) is 0 Å². The van der Waals surface area contributed by atoms with Crippen molar-refractivity contribution in [3.05, 3.63) is 149 Å². The summed E-state index contributed by atoms with van der Waals surface area (Å²) in [6.07, 6.45) is 5.02. The Morgan fingerprint density at radius 2 is 1.29 bits per heavy atom. The first-order valence-corrected chi connectivity index (χ1v) is 17.5. The van der Waals surface area contributed by atoms with Gasteiger partial charge in [0.1, 0.15) is 6.79 Å². The van der Waals surface area contributed by atoms with Crippen LogP contribution in [0, 0.1) is 25.7 Å². The van der Waals surface area contributed by atoms with Crippen molar-refractivity contribution in [2.24, 2.45) is 17.6 Å². The van der Waals surface area contributed by atoms with Crippen molar-refractivity contribution < 1.29 is 9.90 Å². The Hall–Kier alpha value is -4.47. The number of hydrogen-bond acceptors (Lipinski definition) is 3. The summed E-state index contributed by atoms with van der Waals surface area (Å²) in [4.78, 5) is 8.00. The number of benzene rings is 4. The van der Waals surface area contributed by atoms with Gasteiger partial charge in [-0.2, -0.15) is 0 Å². The van der Waals surface area contributed by atoms with E-state index < -0.39 is 6.10 Å². The van der Waals surface area contributed by atoms with Crippen LogP contribution >= 0.6 is 0 Å². The molecule has 0 amide bonds. The molecule has 0 aliphatic heterocycles. The third kappa shape index (κ3) is 15.1. The number of aliphatic hydroxyl groups excluding tert-OH is 1. The summed E-state index contributed by atoms with van der Waals surface area (Å²) in [5, 5.41) is 9.42. The van der Waals surface area contributed by atoms with E-state index in [1.807, 2.05) is 44.9 Å². The molecule has 4 aromatic rings. The second kappa shape index (κ2) is 24.6. The molecule has 3 heteroatoms. The van der Waals surface area contributed by atoms with Crippen molar-refractivity contribution in [3.8, 4) is 22.3 Å². The van der Waals surface area contributed by atoms with Gasteiger partial charge in [-0.1, -0.05) is 163 Å². The van der Waals surface area contributed by atoms with Gasteiger partial charge in [-0.15, -0.1) is 0 Å². The maximum Gasteiger partial charge on any atom is 0.106 e. The number of allylic oxidation sites excluding steroid dienone is 5. The van der Waals surface area contributed by atoms with E-state index in [4.69, 9.17) is 10.5 Å². The molecule has 3 N–H and O–H groups in total. The maximum absolute atomic E-state index is 9.42. The molecule has 4 aromatic carbocycles. The highest BCUT2D eigenvalue weighted by Crippen LogP contribution is 2.34. The molecule has 0 heterocycles. The smallest absolute Gasteiger partial charge is 0.106 e. The number of aryl methyl sites for hydroxylation is 2. The average molecular weight is 662 g/mol. The third-order valence-electron chi connectivity index (χ3n) is 8.33. The van der Waals surface area contributed by atoms with Crippen LogP contribution in [-0.4, -0.2) is 11.9 Å². The molecule has 0 fully saturated rings. The van der Waals surface area contributed by atoms with E-state index >= 15 is 0 Å². The lowest BCUT2D eigenvalue weighted by molar-refractivity contribution is -0.0980. The van der Waals surface area contributed by atoms with Gasteiger partial charge in [-0.25, -0.2) is 0 Å². The minimum atomic E-state index is -0.396. The van der Waals surface area contributed by atoms with Crippen LogP contribution in [0.4, 0.5) is 0 Å². The van der Waals surface area contributed by atoms with Crippen LogP contribution in [0.3, 0.4) is 0 Å². The van der Waals surface area contributed by atoms with E-state index in [0.717, 1.165) is 17.7 Å². The number of carbonyl (C=O) groups excluding carboxylic acids is 1. The van der Waals surface area contributed by atoms with E-state index in [1.165, 1.54) is 50.1 Å². The fourth-order valence-electron chi connectivity index (χ4n) is 5.02. The number of nitrogens with two attached hydrogens (primary N) is 1. The topological polar surface area (TPSA) is 63.3 Å². The van der Waals surface area contributed by atoms with Crippen LogP contribution in [-0.2, 0) is 4.79 Å². The van der Waals surface area contributed by atoms with Crippen LogP contribution in [0.25, 0.3) is 27.8 Å². The lowest BCUT2D eigenvalue weighted by Gasteiger charge is -2.16. The fourth-order valence-corrected chi connectivity index (χ4v) is 5.02. The summed E-state index contributed by atoms with van der Waals surface area (Å²) < 4.78 is 0. The molecular formula is C46H63NO2. The van der Waals surface area contributed by atoms with Gasteiger partial charge >= 0.3 is 0 Å². The van der Waals surface area contributed by atoms with Crippen molar-refractivity contribution in [1.82, 2.24) is 0 Å². The first-order valence-electron chi connectivity index (χ1n) is 17.5. The molecule has 2 unspecified atom stereocenters. The molecule has 0 aliphatic rings. The Bertz CT molecular complexity index is 1540. The Kier molecular flexibility index (Phi) is 22.4. The molecule has 0 aliphatic carbocycles. The molecule has 0 radical (unpaired) electrons. The van der Waals surface area contributed by atoms with E-state index in [9.17, 15) is 5.11 Å². The largest absolute Gasteiger partial charge is 0.402 e. The van der Waals surface area contributed by atoms with Gasteiger partial charge in [0.15, 0.2) is 0 Å². The second-order valence-corrected chi connectivity index (χ2v) is 12.1. The van der Waals surface area contributed by atoms with Crippen LogP contribution in [0.15, 0.2) is 127 Å². The third-order valence-corrected chi connectivity index (χ3v) is 8.33. The van der Waals surface area contributed by atoms with Crippen LogP contribution in [0.2, 0.25) is 0 Å². The second-order valence-electron chi connectivity index (χ2n) is 12.1. The van der Waals surface area contributed by atoms with Gasteiger partial charge in [0, 0.05) is 5.70 Å². The normalized spacial score (nSPS) is 11.9. The monoisotopic (exact) mass is 661 g/mol. The van der Waals surface area contributed by atoms with Gasteiger partial charge in [-0.05, 0) is 103 Å². The summed E-state index contributed by atoms with van der Waals surface area (Å²) in [5.41, 5.74) is 19.0. The number of hydrogen-bond donors (Lipinski definition) is 2. The molecule has 264 valence electrons. The zero-order chi connectivity index (χ0) is 37.5. The quantitative estimate of drug-likeness (QED) is 0.185. The summed E-state index contributed by atoms with van der Waals surface area (Å²) in [7, 11) is 0. The predicted octanol–water partition coefficient (Wildman–Crippen LogP) is 12.7. The predicted molar refractivity (Wildman–Crippen MR) is 217 cm³/mol. The number of rotatable bonds is 8. The molecule has 0 bridgehead atoms. The summed E-state index contributed by atoms with van der Waals surface area (Å²) in [6, 6.07) is 33.7. The lowest BCUT2D eigenvalue weighted by atomic mass is 9.88. The molecule has 4 rings (SSSR count). The van der Waals surface area contributed by atoms with Crippen molar-refractivity contribution in [1.29, 1.82) is 0 Å². The number of aliphatic hydroxyl groups is 1. The Morgan fingerprint density at radius 1 is 0.776 bits per heavy atom. The maximum atomic E-state index is 9.42. The van der Waals surface area contributed by atoms with Crippen molar-refractivity contribution in [2.75, 3.05) is 0 Å². The van der Waals surface area contributed by atoms with Crippen molar-refractivity contribution in [2.45, 2.75) is 88.7 Å². The average Bonchev–Trinajstić information content (AvgIpc) is 3.12.